The zero-order valence-corrected chi connectivity index (χ0v) is 16.6. The first-order valence-electron chi connectivity index (χ1n) is 9.15. The van der Waals surface area contributed by atoms with E-state index in [-0.39, 0.29) is 5.57 Å². The van der Waals surface area contributed by atoms with Crippen LogP contribution in [0, 0.1) is 39.0 Å². The van der Waals surface area contributed by atoms with Gasteiger partial charge in [-0.25, -0.2) is 0 Å². The minimum Gasteiger partial charge on any atom is -0.321 e. The lowest BCUT2D eigenvalue weighted by Crippen LogP contribution is -2.13. The Morgan fingerprint density at radius 3 is 2.25 bits per heavy atom. The Bertz CT molecular complexity index is 1080. The van der Waals surface area contributed by atoms with Gasteiger partial charge in [0.15, 0.2) is 0 Å². The fraction of sp³-hybridized carbons (Fsp3) is 0.167. The second-order valence-electron chi connectivity index (χ2n) is 7.00. The molecular formula is C24H23N3O. The Hall–Kier alpha value is -3.58. The van der Waals surface area contributed by atoms with Crippen LogP contribution in [0.4, 0.5) is 5.69 Å². The molecule has 0 unspecified atom stereocenters. The second kappa shape index (κ2) is 7.98. The number of aromatic nitrogens is 1. The number of anilines is 1. The number of para-hydroxylation sites is 1. The van der Waals surface area contributed by atoms with E-state index in [0.29, 0.717) is 5.69 Å². The van der Waals surface area contributed by atoms with Crippen LogP contribution < -0.4 is 5.32 Å². The largest absolute Gasteiger partial charge is 0.321 e. The number of carbonyl (C=O) groups is 1. The number of aryl methyl sites for hydroxylation is 3. The van der Waals surface area contributed by atoms with Gasteiger partial charge in [0.1, 0.15) is 11.6 Å². The first-order chi connectivity index (χ1) is 13.4. The van der Waals surface area contributed by atoms with Gasteiger partial charge in [0.2, 0.25) is 0 Å². The third kappa shape index (κ3) is 4.05. The van der Waals surface area contributed by atoms with Gasteiger partial charge in [-0.1, -0.05) is 24.3 Å². The lowest BCUT2D eigenvalue weighted by Gasteiger charge is -2.09. The van der Waals surface area contributed by atoms with Crippen LogP contribution in [0.25, 0.3) is 11.8 Å². The molecule has 0 aliphatic rings. The molecule has 3 rings (SSSR count). The number of nitrogens with zero attached hydrogens (tertiary/aromatic N) is 2. The lowest BCUT2D eigenvalue weighted by atomic mass is 10.1. The van der Waals surface area contributed by atoms with E-state index in [9.17, 15) is 10.1 Å². The van der Waals surface area contributed by atoms with E-state index in [1.54, 1.807) is 6.08 Å². The molecule has 0 atom stereocenters. The smallest absolute Gasteiger partial charge is 0.266 e. The SMILES string of the molecule is Cc1cc(C)cc(NC(=O)/C(C#N)=C\c2cc(C)n(-c3ccccc3)c2C)c1. The number of nitrogens with one attached hydrogen (secondary N) is 1. The summed E-state index contributed by atoms with van der Waals surface area (Å²) in [5.41, 5.74) is 6.82. The summed E-state index contributed by atoms with van der Waals surface area (Å²) in [6, 6.07) is 19.9. The molecule has 1 heterocycles. The third-order valence-corrected chi connectivity index (χ3v) is 4.63. The van der Waals surface area contributed by atoms with E-state index < -0.39 is 5.91 Å². The van der Waals surface area contributed by atoms with E-state index in [0.717, 1.165) is 33.8 Å². The van der Waals surface area contributed by atoms with Crippen molar-refractivity contribution in [3.05, 3.63) is 88.2 Å². The number of amides is 1. The maximum Gasteiger partial charge on any atom is 0.266 e. The van der Waals surface area contributed by atoms with Crippen molar-refractivity contribution in [3.63, 3.8) is 0 Å². The molecule has 3 aromatic rings. The number of nitriles is 1. The monoisotopic (exact) mass is 369 g/mol. The molecule has 0 spiro atoms. The zero-order chi connectivity index (χ0) is 20.3. The van der Waals surface area contributed by atoms with E-state index in [2.05, 4.69) is 9.88 Å². The molecule has 28 heavy (non-hydrogen) atoms. The second-order valence-corrected chi connectivity index (χ2v) is 7.00. The predicted molar refractivity (Wildman–Crippen MR) is 113 cm³/mol. The number of carbonyl (C=O) groups excluding carboxylic acids is 1. The van der Waals surface area contributed by atoms with Crippen LogP contribution in [0.5, 0.6) is 0 Å². The zero-order valence-electron chi connectivity index (χ0n) is 16.6. The fourth-order valence-electron chi connectivity index (χ4n) is 3.46. The summed E-state index contributed by atoms with van der Waals surface area (Å²) >= 11 is 0. The molecule has 1 aromatic heterocycles. The molecule has 0 saturated heterocycles. The van der Waals surface area contributed by atoms with Gasteiger partial charge in [-0.15, -0.1) is 0 Å². The Morgan fingerprint density at radius 1 is 1.00 bits per heavy atom. The molecule has 4 heteroatoms. The first kappa shape index (κ1) is 19.2. The molecule has 0 aliphatic heterocycles. The molecule has 0 radical (unpaired) electrons. The molecule has 0 bridgehead atoms. The van der Waals surface area contributed by atoms with E-state index >= 15 is 0 Å². The topological polar surface area (TPSA) is 57.8 Å². The van der Waals surface area contributed by atoms with Crippen molar-refractivity contribution in [1.82, 2.24) is 4.57 Å². The fourth-order valence-corrected chi connectivity index (χ4v) is 3.46. The molecule has 1 N–H and O–H groups in total. The Balaban J connectivity index is 1.93. The van der Waals surface area contributed by atoms with Crippen molar-refractivity contribution in [2.75, 3.05) is 5.32 Å². The van der Waals surface area contributed by atoms with Gasteiger partial charge in [-0.05, 0) is 80.8 Å². The van der Waals surface area contributed by atoms with E-state index in [4.69, 9.17) is 0 Å². The molecule has 2 aromatic carbocycles. The minimum atomic E-state index is -0.406. The van der Waals surface area contributed by atoms with Gasteiger partial charge in [0.05, 0.1) is 0 Å². The van der Waals surface area contributed by atoms with Crippen LogP contribution in [0.3, 0.4) is 0 Å². The first-order valence-corrected chi connectivity index (χ1v) is 9.15. The van der Waals surface area contributed by atoms with Crippen LogP contribution in [0.2, 0.25) is 0 Å². The molecule has 140 valence electrons. The average molecular weight is 369 g/mol. The lowest BCUT2D eigenvalue weighted by molar-refractivity contribution is -0.112. The normalized spacial score (nSPS) is 11.2. The Labute approximate surface area is 165 Å². The summed E-state index contributed by atoms with van der Waals surface area (Å²) in [7, 11) is 0. The van der Waals surface area contributed by atoms with Gasteiger partial charge in [-0.2, -0.15) is 5.26 Å². The molecule has 4 nitrogen and oxygen atoms in total. The summed E-state index contributed by atoms with van der Waals surface area (Å²) in [6.45, 7) is 7.95. The summed E-state index contributed by atoms with van der Waals surface area (Å²) in [6.07, 6.45) is 1.65. The van der Waals surface area contributed by atoms with E-state index in [1.807, 2.05) is 88.4 Å². The summed E-state index contributed by atoms with van der Waals surface area (Å²) in [4.78, 5) is 12.6. The number of hydrogen-bond donors (Lipinski definition) is 1. The third-order valence-electron chi connectivity index (χ3n) is 4.63. The van der Waals surface area contributed by atoms with Gasteiger partial charge in [0, 0.05) is 22.8 Å². The number of benzene rings is 2. The number of rotatable bonds is 4. The molecule has 1 amide bonds. The highest BCUT2D eigenvalue weighted by Crippen LogP contribution is 2.23. The van der Waals surface area contributed by atoms with Crippen molar-refractivity contribution in [2.24, 2.45) is 0 Å². The molecule has 0 aliphatic carbocycles. The van der Waals surface area contributed by atoms with Crippen LogP contribution in [-0.2, 0) is 4.79 Å². The van der Waals surface area contributed by atoms with Crippen molar-refractivity contribution in [1.29, 1.82) is 5.26 Å². The van der Waals surface area contributed by atoms with Crippen molar-refractivity contribution >= 4 is 17.7 Å². The van der Waals surface area contributed by atoms with Crippen molar-refractivity contribution in [2.45, 2.75) is 27.7 Å². The summed E-state index contributed by atoms with van der Waals surface area (Å²) in [5, 5.41) is 12.4. The highest BCUT2D eigenvalue weighted by Gasteiger charge is 2.14. The number of hydrogen-bond acceptors (Lipinski definition) is 2. The summed E-state index contributed by atoms with van der Waals surface area (Å²) in [5.74, 6) is -0.406. The van der Waals surface area contributed by atoms with Crippen LogP contribution in [0.1, 0.15) is 28.1 Å². The highest BCUT2D eigenvalue weighted by atomic mass is 16.1. The predicted octanol–water partition coefficient (Wildman–Crippen LogP) is 5.26. The maximum atomic E-state index is 12.6. The van der Waals surface area contributed by atoms with Gasteiger partial charge < -0.3 is 9.88 Å². The minimum absolute atomic E-state index is 0.0764. The van der Waals surface area contributed by atoms with Crippen LogP contribution in [0.15, 0.2) is 60.2 Å². The van der Waals surface area contributed by atoms with Gasteiger partial charge in [-0.3, -0.25) is 4.79 Å². The van der Waals surface area contributed by atoms with Crippen molar-refractivity contribution < 1.29 is 4.79 Å². The van der Waals surface area contributed by atoms with Crippen LogP contribution >= 0.6 is 0 Å². The Kier molecular flexibility index (Phi) is 5.47. The van der Waals surface area contributed by atoms with Gasteiger partial charge in [0.25, 0.3) is 5.91 Å². The Morgan fingerprint density at radius 2 is 1.64 bits per heavy atom. The van der Waals surface area contributed by atoms with Gasteiger partial charge >= 0.3 is 0 Å². The van der Waals surface area contributed by atoms with E-state index in [1.165, 1.54) is 0 Å². The standard InChI is InChI=1S/C24H23N3O/c1-16-10-17(2)12-22(11-16)26-24(28)21(15-25)14-20-13-18(3)27(19(20)4)23-8-6-5-7-9-23/h5-14H,1-4H3,(H,26,28)/b21-14-. The molecule has 0 fully saturated rings. The maximum absolute atomic E-state index is 12.6. The molecular weight excluding hydrogens is 346 g/mol. The average Bonchev–Trinajstić information content (AvgIpc) is 2.92. The van der Waals surface area contributed by atoms with Crippen molar-refractivity contribution in [3.8, 4) is 11.8 Å². The quantitative estimate of drug-likeness (QED) is 0.504. The summed E-state index contributed by atoms with van der Waals surface area (Å²) < 4.78 is 2.11. The highest BCUT2D eigenvalue weighted by molar-refractivity contribution is 6.09. The van der Waals surface area contributed by atoms with Crippen LogP contribution in [-0.4, -0.2) is 10.5 Å². The molecule has 0 saturated carbocycles.